The molecule has 3 heterocycles. The van der Waals surface area contributed by atoms with Gasteiger partial charge < -0.3 is 15.4 Å². The monoisotopic (exact) mass is 507 g/mol. The maximum atomic E-state index is 13.5. The van der Waals surface area contributed by atoms with E-state index < -0.39 is 0 Å². The average Bonchev–Trinajstić information content (AvgIpc) is 3.47. The number of nitrogens with zero attached hydrogens (tertiary/aromatic N) is 6. The van der Waals surface area contributed by atoms with Crippen molar-refractivity contribution in [2.75, 3.05) is 11.4 Å². The molecule has 1 amide bonds. The van der Waals surface area contributed by atoms with Gasteiger partial charge in [0.25, 0.3) is 0 Å². The van der Waals surface area contributed by atoms with Crippen LogP contribution >= 0.6 is 23.1 Å². The van der Waals surface area contributed by atoms with Crippen molar-refractivity contribution in [2.45, 2.75) is 28.9 Å². The number of ether oxygens (including phenoxy) is 1. The van der Waals surface area contributed by atoms with Crippen molar-refractivity contribution in [3.63, 3.8) is 0 Å². The summed E-state index contributed by atoms with van der Waals surface area (Å²) in [5.41, 5.74) is 6.86. The molecule has 2 N–H and O–H groups in total. The van der Waals surface area contributed by atoms with E-state index in [1.807, 2.05) is 23.1 Å². The molecule has 1 saturated carbocycles. The van der Waals surface area contributed by atoms with Gasteiger partial charge in [0.15, 0.2) is 10.8 Å². The van der Waals surface area contributed by atoms with Crippen molar-refractivity contribution >= 4 is 50.0 Å². The van der Waals surface area contributed by atoms with E-state index in [2.05, 4.69) is 15.3 Å². The molecule has 1 aliphatic carbocycles. The van der Waals surface area contributed by atoms with Crippen LogP contribution in [0.1, 0.15) is 12.8 Å². The van der Waals surface area contributed by atoms with Crippen molar-refractivity contribution in [3.05, 3.63) is 60.4 Å². The van der Waals surface area contributed by atoms with Gasteiger partial charge in [0.1, 0.15) is 11.6 Å². The van der Waals surface area contributed by atoms with E-state index >= 15 is 0 Å². The number of benzene rings is 2. The molecule has 0 saturated heterocycles. The summed E-state index contributed by atoms with van der Waals surface area (Å²) in [6, 6.07) is 15.5. The van der Waals surface area contributed by atoms with Crippen LogP contribution in [0.15, 0.2) is 64.6 Å². The smallest absolute Gasteiger partial charge is 0.237 e. The number of carbonyl (C=O) groups is 1. The van der Waals surface area contributed by atoms with Crippen molar-refractivity contribution in [1.82, 2.24) is 24.8 Å². The van der Waals surface area contributed by atoms with Crippen molar-refractivity contribution in [2.24, 2.45) is 5.73 Å². The van der Waals surface area contributed by atoms with Crippen LogP contribution in [0.4, 0.5) is 9.52 Å². The highest BCUT2D eigenvalue weighted by atomic mass is 32.2. The molecule has 2 aromatic carbocycles. The van der Waals surface area contributed by atoms with E-state index in [1.165, 1.54) is 35.2 Å². The fraction of sp³-hybridized carbons (Fsp3) is 0.174. The van der Waals surface area contributed by atoms with Crippen molar-refractivity contribution in [3.8, 4) is 11.6 Å². The zero-order valence-electron chi connectivity index (χ0n) is 18.2. The number of nitrogens with two attached hydrogens (primary N) is 1. The third kappa shape index (κ3) is 4.62. The first kappa shape index (κ1) is 21.7. The molecule has 0 radical (unpaired) electrons. The molecule has 1 aliphatic rings. The second-order valence-electron chi connectivity index (χ2n) is 8.04. The molecule has 6 rings (SSSR count). The minimum Gasteiger partial charge on any atom is -0.437 e. The van der Waals surface area contributed by atoms with Gasteiger partial charge in [-0.2, -0.15) is 4.52 Å². The molecular formula is C23H18FN7O2S2. The van der Waals surface area contributed by atoms with Crippen LogP contribution in [0.25, 0.3) is 15.9 Å². The molecule has 176 valence electrons. The first-order valence-electron chi connectivity index (χ1n) is 10.8. The minimum absolute atomic E-state index is 0.170. The molecule has 3 aromatic heterocycles. The van der Waals surface area contributed by atoms with Crippen LogP contribution in [0.3, 0.4) is 0 Å². The standard InChI is InChI=1S/C23H18FN7O2S2/c24-13-2-1-3-15(10-13)33-21-9-8-20-27-28-23(31(20)29-21)34-16-6-7-17-18(11-16)35-22(26-17)30(12-19(25)32)14-4-5-14/h1-3,6-11,14H,4-5,12H2,(H2,25,32). The number of carbonyl (C=O) groups excluding carboxylic acids is 1. The predicted molar refractivity (Wildman–Crippen MR) is 131 cm³/mol. The molecule has 0 unspecified atom stereocenters. The van der Waals surface area contributed by atoms with Crippen molar-refractivity contribution in [1.29, 1.82) is 0 Å². The largest absolute Gasteiger partial charge is 0.437 e. The molecule has 0 atom stereocenters. The lowest BCUT2D eigenvalue weighted by Crippen LogP contribution is -2.35. The highest BCUT2D eigenvalue weighted by molar-refractivity contribution is 7.99. The summed E-state index contributed by atoms with van der Waals surface area (Å²) in [7, 11) is 0. The predicted octanol–water partition coefficient (Wildman–Crippen LogP) is 4.27. The SMILES string of the molecule is NC(=O)CN(c1nc2ccc(Sc3nnc4ccc(Oc5cccc(F)c5)nn34)cc2s1)C1CC1. The second kappa shape index (κ2) is 8.78. The lowest BCUT2D eigenvalue weighted by atomic mass is 10.3. The van der Waals surface area contributed by atoms with E-state index in [-0.39, 0.29) is 18.3 Å². The number of primary amides is 1. The normalized spacial score (nSPS) is 13.4. The lowest BCUT2D eigenvalue weighted by Gasteiger charge is -2.18. The Hall–Kier alpha value is -3.77. The third-order valence-corrected chi connectivity index (χ3v) is 7.33. The highest BCUT2D eigenvalue weighted by Crippen LogP contribution is 2.38. The van der Waals surface area contributed by atoms with Gasteiger partial charge in [-0.05, 0) is 61.0 Å². The van der Waals surface area contributed by atoms with Gasteiger partial charge in [-0.1, -0.05) is 17.4 Å². The van der Waals surface area contributed by atoms with Gasteiger partial charge in [0, 0.05) is 23.1 Å². The summed E-state index contributed by atoms with van der Waals surface area (Å²) < 4.78 is 21.8. The van der Waals surface area contributed by atoms with Crippen LogP contribution in [-0.2, 0) is 4.79 Å². The van der Waals surface area contributed by atoms with E-state index in [9.17, 15) is 9.18 Å². The zero-order valence-corrected chi connectivity index (χ0v) is 19.8. The lowest BCUT2D eigenvalue weighted by molar-refractivity contribution is -0.116. The third-order valence-electron chi connectivity index (χ3n) is 5.35. The first-order valence-corrected chi connectivity index (χ1v) is 12.4. The van der Waals surface area contributed by atoms with Gasteiger partial charge in [-0.25, -0.2) is 9.37 Å². The fourth-order valence-corrected chi connectivity index (χ4v) is 5.59. The number of anilines is 1. The first-order chi connectivity index (χ1) is 17.0. The van der Waals surface area contributed by atoms with E-state index in [1.54, 1.807) is 28.8 Å². The van der Waals surface area contributed by atoms with Crippen molar-refractivity contribution < 1.29 is 13.9 Å². The summed E-state index contributed by atoms with van der Waals surface area (Å²) in [6.45, 7) is 0.170. The Bertz CT molecular complexity index is 1570. The topological polar surface area (TPSA) is 112 Å². The maximum Gasteiger partial charge on any atom is 0.237 e. The Morgan fingerprint density at radius 3 is 2.89 bits per heavy atom. The molecule has 0 bridgehead atoms. The Labute approximate surface area is 206 Å². The Morgan fingerprint density at radius 1 is 1.20 bits per heavy atom. The molecule has 1 fully saturated rings. The quantitative estimate of drug-likeness (QED) is 0.331. The van der Waals surface area contributed by atoms with Gasteiger partial charge in [0.2, 0.25) is 16.9 Å². The molecule has 0 aliphatic heterocycles. The van der Waals surface area contributed by atoms with E-state index in [0.29, 0.717) is 28.5 Å². The number of amides is 1. The fourth-order valence-electron chi connectivity index (χ4n) is 3.61. The molecular weight excluding hydrogens is 489 g/mol. The number of hydrogen-bond acceptors (Lipinski definition) is 9. The summed E-state index contributed by atoms with van der Waals surface area (Å²) in [4.78, 5) is 19.2. The summed E-state index contributed by atoms with van der Waals surface area (Å²) in [5, 5.41) is 14.3. The summed E-state index contributed by atoms with van der Waals surface area (Å²) in [6.07, 6.45) is 2.09. The van der Waals surface area contributed by atoms with Gasteiger partial charge in [0.05, 0.1) is 16.8 Å². The Morgan fingerprint density at radius 2 is 2.09 bits per heavy atom. The number of rotatable bonds is 8. The summed E-state index contributed by atoms with van der Waals surface area (Å²) in [5.74, 6) is -0.107. The van der Waals surface area contributed by atoms with Crippen LogP contribution in [0.2, 0.25) is 0 Å². The number of hydrogen-bond donors (Lipinski definition) is 1. The zero-order chi connectivity index (χ0) is 23.9. The highest BCUT2D eigenvalue weighted by Gasteiger charge is 2.32. The van der Waals surface area contributed by atoms with Crippen LogP contribution in [-0.4, -0.2) is 43.3 Å². The van der Waals surface area contributed by atoms with E-state index in [4.69, 9.17) is 15.5 Å². The maximum absolute atomic E-state index is 13.5. The average molecular weight is 508 g/mol. The molecule has 12 heteroatoms. The molecule has 35 heavy (non-hydrogen) atoms. The second-order valence-corrected chi connectivity index (χ2v) is 10.1. The number of thiazole rings is 1. The van der Waals surface area contributed by atoms with E-state index in [0.717, 1.165) is 33.1 Å². The molecule has 5 aromatic rings. The van der Waals surface area contributed by atoms with Crippen LogP contribution in [0, 0.1) is 5.82 Å². The van der Waals surface area contributed by atoms with Crippen LogP contribution < -0.4 is 15.4 Å². The molecule has 0 spiro atoms. The number of fused-ring (bicyclic) bond motifs is 2. The Kier molecular flexibility index (Phi) is 5.46. The molecule has 9 nitrogen and oxygen atoms in total. The number of aromatic nitrogens is 5. The Balaban J connectivity index is 1.26. The van der Waals surface area contributed by atoms with Crippen LogP contribution in [0.5, 0.6) is 11.6 Å². The van der Waals surface area contributed by atoms with Gasteiger partial charge in [-0.3, -0.25) is 4.79 Å². The summed E-state index contributed by atoms with van der Waals surface area (Å²) >= 11 is 2.94. The van der Waals surface area contributed by atoms with Gasteiger partial charge in [-0.15, -0.1) is 15.3 Å². The minimum atomic E-state index is -0.388. The van der Waals surface area contributed by atoms with Gasteiger partial charge >= 0.3 is 0 Å². The number of halogens is 1.